The standard InChI is InChI=1S/C23H24N6O3S/c1-13-6-5-7-14(2)19(13)25-17(30)12-29-20(24)18(23(27-29)33-4)22-26-21(28-32-22)15-8-10-16(31-3)11-9-15/h5-11H,12,24H2,1-4H3,(H,25,30). The van der Waals surface area contributed by atoms with Gasteiger partial charge in [-0.25, -0.2) is 4.68 Å². The normalized spacial score (nSPS) is 10.9. The van der Waals surface area contributed by atoms with E-state index in [4.69, 9.17) is 15.0 Å². The number of hydrogen-bond donors (Lipinski definition) is 2. The number of rotatable bonds is 7. The zero-order valence-electron chi connectivity index (χ0n) is 18.7. The van der Waals surface area contributed by atoms with Crippen LogP contribution < -0.4 is 15.8 Å². The molecule has 170 valence electrons. The maximum Gasteiger partial charge on any atom is 0.264 e. The Balaban J connectivity index is 1.59. The third kappa shape index (κ3) is 4.56. The second kappa shape index (κ2) is 9.37. The summed E-state index contributed by atoms with van der Waals surface area (Å²) in [6.45, 7) is 3.85. The van der Waals surface area contributed by atoms with Crippen LogP contribution in [0.1, 0.15) is 11.1 Å². The van der Waals surface area contributed by atoms with E-state index in [1.807, 2.05) is 62.6 Å². The second-order valence-corrected chi connectivity index (χ2v) is 8.19. The number of ether oxygens (including phenoxy) is 1. The number of para-hydroxylation sites is 1. The van der Waals surface area contributed by atoms with Crippen molar-refractivity contribution in [3.05, 3.63) is 53.6 Å². The molecule has 1 amide bonds. The summed E-state index contributed by atoms with van der Waals surface area (Å²) in [4.78, 5) is 17.2. The van der Waals surface area contributed by atoms with Gasteiger partial charge in [-0.15, -0.1) is 11.8 Å². The molecule has 3 N–H and O–H groups in total. The molecule has 4 aromatic rings. The largest absolute Gasteiger partial charge is 0.497 e. The van der Waals surface area contributed by atoms with Crippen LogP contribution in [0.3, 0.4) is 0 Å². The smallest absolute Gasteiger partial charge is 0.264 e. The third-order valence-electron chi connectivity index (χ3n) is 5.18. The summed E-state index contributed by atoms with van der Waals surface area (Å²) >= 11 is 1.38. The number of benzene rings is 2. The number of nitrogen functional groups attached to an aromatic ring is 1. The topological polar surface area (TPSA) is 121 Å². The summed E-state index contributed by atoms with van der Waals surface area (Å²) in [6, 6.07) is 13.2. The van der Waals surface area contributed by atoms with Crippen molar-refractivity contribution in [1.82, 2.24) is 19.9 Å². The summed E-state index contributed by atoms with van der Waals surface area (Å²) in [5.74, 6) is 1.44. The molecule has 2 aromatic heterocycles. The van der Waals surface area contributed by atoms with Gasteiger partial charge in [0.15, 0.2) is 0 Å². The molecule has 9 nitrogen and oxygen atoms in total. The Morgan fingerprint density at radius 3 is 2.52 bits per heavy atom. The first-order valence-electron chi connectivity index (χ1n) is 10.2. The van der Waals surface area contributed by atoms with E-state index in [2.05, 4.69) is 20.6 Å². The number of nitrogens with two attached hydrogens (primary N) is 1. The van der Waals surface area contributed by atoms with Crippen LogP contribution in [0.4, 0.5) is 11.5 Å². The van der Waals surface area contributed by atoms with E-state index in [1.165, 1.54) is 16.4 Å². The molecule has 0 saturated carbocycles. The molecule has 10 heteroatoms. The van der Waals surface area contributed by atoms with Crippen LogP contribution >= 0.6 is 11.8 Å². The molecule has 0 spiro atoms. The van der Waals surface area contributed by atoms with Crippen molar-refractivity contribution in [2.45, 2.75) is 25.4 Å². The fourth-order valence-corrected chi connectivity index (χ4v) is 4.00. The summed E-state index contributed by atoms with van der Waals surface area (Å²) in [5, 5.41) is 12.1. The first kappa shape index (κ1) is 22.4. The number of methoxy groups -OCH3 is 1. The number of thioether (sulfide) groups is 1. The summed E-state index contributed by atoms with van der Waals surface area (Å²) < 4.78 is 12.1. The Labute approximate surface area is 195 Å². The van der Waals surface area contributed by atoms with E-state index in [9.17, 15) is 4.79 Å². The molecule has 2 heterocycles. The van der Waals surface area contributed by atoms with Gasteiger partial charge in [0, 0.05) is 11.3 Å². The lowest BCUT2D eigenvalue weighted by Crippen LogP contribution is -2.21. The molecule has 0 aliphatic carbocycles. The predicted molar refractivity (Wildman–Crippen MR) is 128 cm³/mol. The quantitative estimate of drug-likeness (QED) is 0.391. The van der Waals surface area contributed by atoms with E-state index < -0.39 is 0 Å². The number of anilines is 2. The van der Waals surface area contributed by atoms with Gasteiger partial charge in [0.05, 0.1) is 7.11 Å². The van der Waals surface area contributed by atoms with Gasteiger partial charge < -0.3 is 20.3 Å². The molecular weight excluding hydrogens is 440 g/mol. The minimum Gasteiger partial charge on any atom is -0.497 e. The van der Waals surface area contributed by atoms with Crippen LogP contribution in [0.15, 0.2) is 52.0 Å². The number of nitrogens with one attached hydrogen (secondary N) is 1. The van der Waals surface area contributed by atoms with Gasteiger partial charge in [0.25, 0.3) is 5.89 Å². The number of carbonyl (C=O) groups is 1. The molecule has 0 aliphatic heterocycles. The van der Waals surface area contributed by atoms with Gasteiger partial charge in [0.1, 0.15) is 28.7 Å². The summed E-state index contributed by atoms with van der Waals surface area (Å²) in [5.41, 5.74) is 10.4. The maximum absolute atomic E-state index is 12.7. The monoisotopic (exact) mass is 464 g/mol. The number of nitrogens with zero attached hydrogens (tertiary/aromatic N) is 4. The number of aryl methyl sites for hydroxylation is 2. The maximum atomic E-state index is 12.7. The molecule has 0 atom stereocenters. The SMILES string of the molecule is COc1ccc(-c2noc(-c3c(SC)nn(CC(=O)Nc4c(C)cccc4C)c3N)n2)cc1. The van der Waals surface area contributed by atoms with Crippen LogP contribution in [-0.4, -0.2) is 39.2 Å². The van der Waals surface area contributed by atoms with Gasteiger partial charge >= 0.3 is 0 Å². The number of aromatic nitrogens is 4. The van der Waals surface area contributed by atoms with Gasteiger partial charge in [-0.05, 0) is 55.5 Å². The van der Waals surface area contributed by atoms with Crippen molar-refractivity contribution in [2.24, 2.45) is 0 Å². The van der Waals surface area contributed by atoms with Crippen LogP contribution in [0, 0.1) is 13.8 Å². The minimum absolute atomic E-state index is 0.0490. The van der Waals surface area contributed by atoms with Gasteiger partial charge in [-0.3, -0.25) is 4.79 Å². The Morgan fingerprint density at radius 2 is 1.88 bits per heavy atom. The fourth-order valence-electron chi connectivity index (χ4n) is 3.43. The molecule has 0 unspecified atom stereocenters. The Hall–Kier alpha value is -3.79. The number of hydrogen-bond acceptors (Lipinski definition) is 8. The lowest BCUT2D eigenvalue weighted by Gasteiger charge is -2.11. The van der Waals surface area contributed by atoms with E-state index in [-0.39, 0.29) is 24.2 Å². The minimum atomic E-state index is -0.231. The van der Waals surface area contributed by atoms with Crippen LogP contribution in [-0.2, 0) is 11.3 Å². The molecular formula is C23H24N6O3S. The first-order valence-corrected chi connectivity index (χ1v) is 11.4. The van der Waals surface area contributed by atoms with Crippen molar-refractivity contribution in [3.8, 4) is 28.6 Å². The molecule has 0 fully saturated rings. The molecule has 0 saturated heterocycles. The Morgan fingerprint density at radius 1 is 1.18 bits per heavy atom. The van der Waals surface area contributed by atoms with E-state index in [0.29, 0.717) is 16.4 Å². The van der Waals surface area contributed by atoms with Crippen LogP contribution in [0.2, 0.25) is 0 Å². The zero-order valence-corrected chi connectivity index (χ0v) is 19.6. The Kier molecular flexibility index (Phi) is 6.36. The Bertz CT molecular complexity index is 1280. The van der Waals surface area contributed by atoms with Gasteiger partial charge in [-0.1, -0.05) is 23.4 Å². The second-order valence-electron chi connectivity index (χ2n) is 7.39. The molecule has 2 aromatic carbocycles. The summed E-state index contributed by atoms with van der Waals surface area (Å²) in [7, 11) is 1.61. The molecule has 0 bridgehead atoms. The summed E-state index contributed by atoms with van der Waals surface area (Å²) in [6.07, 6.45) is 1.87. The number of amides is 1. The zero-order chi connectivity index (χ0) is 23.5. The van der Waals surface area contributed by atoms with E-state index in [0.717, 1.165) is 28.1 Å². The van der Waals surface area contributed by atoms with Crippen molar-refractivity contribution < 1.29 is 14.1 Å². The lowest BCUT2D eigenvalue weighted by molar-refractivity contribution is -0.116. The lowest BCUT2D eigenvalue weighted by atomic mass is 10.1. The van der Waals surface area contributed by atoms with Gasteiger partial charge in [0.2, 0.25) is 11.7 Å². The first-order chi connectivity index (χ1) is 15.9. The highest BCUT2D eigenvalue weighted by molar-refractivity contribution is 7.98. The third-order valence-corrected chi connectivity index (χ3v) is 5.85. The molecule has 33 heavy (non-hydrogen) atoms. The van der Waals surface area contributed by atoms with Crippen molar-refractivity contribution >= 4 is 29.2 Å². The van der Waals surface area contributed by atoms with Crippen molar-refractivity contribution in [2.75, 3.05) is 24.4 Å². The highest BCUT2D eigenvalue weighted by atomic mass is 32.2. The van der Waals surface area contributed by atoms with E-state index in [1.54, 1.807) is 7.11 Å². The predicted octanol–water partition coefficient (Wildman–Crippen LogP) is 4.17. The highest BCUT2D eigenvalue weighted by Crippen LogP contribution is 2.35. The average molecular weight is 465 g/mol. The average Bonchev–Trinajstić information content (AvgIpc) is 3.41. The van der Waals surface area contributed by atoms with Crippen molar-refractivity contribution in [1.29, 1.82) is 0 Å². The molecule has 0 aliphatic rings. The van der Waals surface area contributed by atoms with Crippen molar-refractivity contribution in [3.63, 3.8) is 0 Å². The van der Waals surface area contributed by atoms with Gasteiger partial charge in [-0.2, -0.15) is 10.1 Å². The molecule has 4 rings (SSSR count). The van der Waals surface area contributed by atoms with Crippen LogP contribution in [0.25, 0.3) is 22.8 Å². The number of carbonyl (C=O) groups excluding carboxylic acids is 1. The highest BCUT2D eigenvalue weighted by Gasteiger charge is 2.24. The van der Waals surface area contributed by atoms with Crippen LogP contribution in [0.5, 0.6) is 5.75 Å². The fraction of sp³-hybridized carbons (Fsp3) is 0.217. The van der Waals surface area contributed by atoms with E-state index >= 15 is 0 Å². The molecule has 0 radical (unpaired) electrons.